The lowest BCUT2D eigenvalue weighted by molar-refractivity contribution is -0.391. The Balaban J connectivity index is 3.10. The van der Waals surface area contributed by atoms with E-state index in [1.54, 1.807) is 7.05 Å². The molecule has 6 heteroatoms. The van der Waals surface area contributed by atoms with Gasteiger partial charge >= 0.3 is 5.82 Å². The zero-order valence-corrected chi connectivity index (χ0v) is 7.98. The Morgan fingerprint density at radius 3 is 2.82 bits per heavy atom. The van der Waals surface area contributed by atoms with E-state index in [1.165, 1.54) is 10.8 Å². The van der Waals surface area contributed by atoms with E-state index in [2.05, 4.69) is 27.6 Å². The maximum atomic E-state index is 10.3. The Hall–Kier alpha value is -0.660. The van der Waals surface area contributed by atoms with Crippen molar-refractivity contribution in [3.63, 3.8) is 0 Å². The van der Waals surface area contributed by atoms with Crippen molar-refractivity contribution in [3.8, 4) is 0 Å². The molecule has 1 aromatic heterocycles. The number of hydrogen-bond donors (Lipinski definition) is 0. The Labute approximate surface area is 76.7 Å². The van der Waals surface area contributed by atoms with Crippen molar-refractivity contribution in [1.29, 1.82) is 0 Å². The number of imidazole rings is 1. The van der Waals surface area contributed by atoms with Gasteiger partial charge in [-0.15, -0.1) is 0 Å². The molecule has 0 unspecified atom stereocenters. The molecule has 0 bridgehead atoms. The van der Waals surface area contributed by atoms with Gasteiger partial charge in [0.15, 0.2) is 0 Å². The number of alkyl halides is 1. The molecule has 1 heterocycles. The van der Waals surface area contributed by atoms with E-state index < -0.39 is 4.92 Å². The van der Waals surface area contributed by atoms with Crippen LogP contribution in [0.1, 0.15) is 5.82 Å². The second kappa shape index (κ2) is 3.16. The van der Waals surface area contributed by atoms with Gasteiger partial charge in [0.05, 0.1) is 11.5 Å². The Kier molecular flexibility index (Phi) is 2.42. The summed E-state index contributed by atoms with van der Waals surface area (Å²) in [6, 6.07) is 0. The molecule has 0 aliphatic rings. The van der Waals surface area contributed by atoms with Gasteiger partial charge in [-0.1, -0.05) is 22.6 Å². The van der Waals surface area contributed by atoms with Gasteiger partial charge in [0.2, 0.25) is 5.82 Å². The maximum absolute atomic E-state index is 10.3. The van der Waals surface area contributed by atoms with Crippen LogP contribution < -0.4 is 0 Å². The number of nitro groups is 1. The van der Waals surface area contributed by atoms with Gasteiger partial charge in [-0.25, -0.2) is 9.55 Å². The topological polar surface area (TPSA) is 61.0 Å². The van der Waals surface area contributed by atoms with Crippen molar-refractivity contribution in [2.45, 2.75) is 4.43 Å². The van der Waals surface area contributed by atoms with Gasteiger partial charge in [0.1, 0.15) is 6.20 Å². The average Bonchev–Trinajstić information content (AvgIpc) is 2.30. The largest absolute Gasteiger partial charge is 0.358 e. The predicted molar refractivity (Wildman–Crippen MR) is 47.6 cm³/mol. The van der Waals surface area contributed by atoms with Crippen molar-refractivity contribution in [2.24, 2.45) is 7.05 Å². The minimum atomic E-state index is -0.442. The number of aromatic nitrogens is 2. The molecule has 0 radical (unpaired) electrons. The van der Waals surface area contributed by atoms with Crippen LogP contribution in [0.3, 0.4) is 0 Å². The fourth-order valence-corrected chi connectivity index (χ4v) is 1.44. The molecule has 1 aromatic rings. The third-order valence-corrected chi connectivity index (χ3v) is 2.05. The van der Waals surface area contributed by atoms with Crippen LogP contribution in [0.25, 0.3) is 0 Å². The third kappa shape index (κ3) is 1.50. The summed E-state index contributed by atoms with van der Waals surface area (Å²) >= 11 is 2.11. The van der Waals surface area contributed by atoms with Crippen LogP contribution in [0.5, 0.6) is 0 Å². The normalized spacial score (nSPS) is 10.0. The minimum Gasteiger partial charge on any atom is -0.358 e. The summed E-state index contributed by atoms with van der Waals surface area (Å²) in [4.78, 5) is 13.7. The molecule has 0 fully saturated rings. The van der Waals surface area contributed by atoms with Crippen LogP contribution >= 0.6 is 22.6 Å². The summed E-state index contributed by atoms with van der Waals surface area (Å²) in [6.07, 6.45) is 1.27. The Bertz CT molecular complexity index is 283. The first-order valence-electron chi connectivity index (χ1n) is 2.87. The van der Waals surface area contributed by atoms with Gasteiger partial charge in [-0.2, -0.15) is 0 Å². The molecule has 0 aliphatic heterocycles. The fraction of sp³-hybridized carbons (Fsp3) is 0.400. The van der Waals surface area contributed by atoms with Crippen LogP contribution in [0, 0.1) is 10.1 Å². The van der Waals surface area contributed by atoms with Crippen molar-refractivity contribution >= 4 is 28.4 Å². The van der Waals surface area contributed by atoms with Crippen molar-refractivity contribution in [2.75, 3.05) is 0 Å². The second-order valence-corrected chi connectivity index (χ2v) is 2.75. The quantitative estimate of drug-likeness (QED) is 0.351. The van der Waals surface area contributed by atoms with Gasteiger partial charge in [-0.3, -0.25) is 0 Å². The smallest absolute Gasteiger partial charge is 0.342 e. The summed E-state index contributed by atoms with van der Waals surface area (Å²) in [5.41, 5.74) is 0. The maximum Gasteiger partial charge on any atom is 0.342 e. The molecule has 0 N–H and O–H groups in total. The predicted octanol–water partition coefficient (Wildman–Crippen LogP) is 1.26. The average molecular weight is 267 g/mol. The van der Waals surface area contributed by atoms with E-state index in [0.717, 1.165) is 5.82 Å². The van der Waals surface area contributed by atoms with Gasteiger partial charge in [-0.05, 0) is 4.92 Å². The summed E-state index contributed by atoms with van der Waals surface area (Å²) in [6.45, 7) is 0. The summed E-state index contributed by atoms with van der Waals surface area (Å²) < 4.78 is 2.16. The van der Waals surface area contributed by atoms with Gasteiger partial charge in [0, 0.05) is 0 Å². The first kappa shape index (κ1) is 8.44. The number of hydrogen-bond acceptors (Lipinski definition) is 3. The first-order chi connectivity index (χ1) is 5.16. The molecule has 60 valence electrons. The molecule has 0 aromatic carbocycles. The summed E-state index contributed by atoms with van der Waals surface area (Å²) in [5, 5.41) is 10.3. The van der Waals surface area contributed by atoms with Crippen LogP contribution in [-0.2, 0) is 11.5 Å². The molecular weight excluding hydrogens is 261 g/mol. The van der Waals surface area contributed by atoms with E-state index in [4.69, 9.17) is 0 Å². The highest BCUT2D eigenvalue weighted by Gasteiger charge is 2.14. The summed E-state index contributed by atoms with van der Waals surface area (Å²) in [5.74, 6) is 0.758. The Morgan fingerprint density at radius 2 is 2.55 bits per heavy atom. The SMILES string of the molecule is Cn1c([N+](=O)[O-])cnc1CI. The van der Waals surface area contributed by atoms with E-state index in [9.17, 15) is 10.1 Å². The highest BCUT2D eigenvalue weighted by molar-refractivity contribution is 14.1. The first-order valence-corrected chi connectivity index (χ1v) is 4.40. The van der Waals surface area contributed by atoms with Crippen LogP contribution in [0.2, 0.25) is 0 Å². The Morgan fingerprint density at radius 1 is 1.91 bits per heavy atom. The molecule has 0 spiro atoms. The molecule has 0 aliphatic carbocycles. The highest BCUT2D eigenvalue weighted by atomic mass is 127. The van der Waals surface area contributed by atoms with Gasteiger partial charge in [0.25, 0.3) is 0 Å². The molecule has 11 heavy (non-hydrogen) atoms. The number of nitrogens with zero attached hydrogens (tertiary/aromatic N) is 3. The zero-order chi connectivity index (χ0) is 8.43. The number of rotatable bonds is 2. The zero-order valence-electron chi connectivity index (χ0n) is 5.82. The summed E-state index contributed by atoms with van der Waals surface area (Å²) in [7, 11) is 1.64. The van der Waals surface area contributed by atoms with E-state index in [-0.39, 0.29) is 5.82 Å². The number of halogens is 1. The van der Waals surface area contributed by atoms with E-state index in [0.29, 0.717) is 4.43 Å². The molecule has 0 atom stereocenters. The van der Waals surface area contributed by atoms with Crippen molar-refractivity contribution in [3.05, 3.63) is 22.1 Å². The molecular formula is C5H6IN3O2. The van der Waals surface area contributed by atoms with Crippen LogP contribution in [-0.4, -0.2) is 14.5 Å². The van der Waals surface area contributed by atoms with E-state index >= 15 is 0 Å². The van der Waals surface area contributed by atoms with Crippen LogP contribution in [0.4, 0.5) is 5.82 Å². The van der Waals surface area contributed by atoms with Crippen molar-refractivity contribution in [1.82, 2.24) is 9.55 Å². The lowest BCUT2D eigenvalue weighted by atomic mass is 10.7. The molecule has 1 rings (SSSR count). The van der Waals surface area contributed by atoms with Crippen LogP contribution in [0.15, 0.2) is 6.20 Å². The minimum absolute atomic E-state index is 0.0386. The molecule has 0 amide bonds. The highest BCUT2D eigenvalue weighted by Crippen LogP contribution is 2.13. The van der Waals surface area contributed by atoms with Gasteiger partial charge < -0.3 is 10.1 Å². The fourth-order valence-electron chi connectivity index (χ4n) is 0.731. The van der Waals surface area contributed by atoms with Crippen molar-refractivity contribution < 1.29 is 4.92 Å². The van der Waals surface area contributed by atoms with E-state index in [1.807, 2.05) is 0 Å². The standard InChI is InChI=1S/C5H6IN3O2/c1-8-4(2-6)7-3-5(8)9(10)11/h3H,2H2,1H3. The third-order valence-electron chi connectivity index (χ3n) is 1.37. The lowest BCUT2D eigenvalue weighted by Crippen LogP contribution is -1.99. The molecule has 0 saturated carbocycles. The molecule has 0 saturated heterocycles. The molecule has 5 nitrogen and oxygen atoms in total. The lowest BCUT2D eigenvalue weighted by Gasteiger charge is -1.93. The second-order valence-electron chi connectivity index (χ2n) is 1.98. The monoisotopic (exact) mass is 267 g/mol.